The van der Waals surface area contributed by atoms with E-state index in [0.717, 1.165) is 31.2 Å². The Balaban J connectivity index is 1.85. The van der Waals surface area contributed by atoms with Gasteiger partial charge in [0.25, 0.3) is 0 Å². The average molecular weight is 257 g/mol. The molecule has 0 heterocycles. The first-order valence-corrected chi connectivity index (χ1v) is 6.71. The summed E-state index contributed by atoms with van der Waals surface area (Å²) in [6, 6.07) is 9.61. The minimum Gasteiger partial charge on any atom is -0.445 e. The number of nitrogens with one attached hydrogen (secondary N) is 1. The van der Waals surface area contributed by atoms with E-state index in [1.807, 2.05) is 30.3 Å². The molecule has 1 saturated carbocycles. The number of terminal acetylenes is 1. The van der Waals surface area contributed by atoms with Gasteiger partial charge in [0.05, 0.1) is 0 Å². The van der Waals surface area contributed by atoms with Gasteiger partial charge in [-0.05, 0) is 18.4 Å². The summed E-state index contributed by atoms with van der Waals surface area (Å²) in [6.07, 6.45) is 10.1. The molecule has 100 valence electrons. The third-order valence-electron chi connectivity index (χ3n) is 3.54. The number of alkyl carbamates (subject to hydrolysis) is 1. The molecule has 0 radical (unpaired) electrons. The lowest BCUT2D eigenvalue weighted by atomic mass is 9.82. The number of rotatable bonds is 3. The standard InChI is InChI=1S/C16H19NO2/c1-2-16(11-7-4-8-12-16)17-15(18)19-13-14-9-5-3-6-10-14/h1,3,5-6,9-10H,4,7-8,11-13H2,(H,17,18). The zero-order valence-corrected chi connectivity index (χ0v) is 11.0. The zero-order valence-electron chi connectivity index (χ0n) is 11.0. The van der Waals surface area contributed by atoms with E-state index in [2.05, 4.69) is 11.2 Å². The Morgan fingerprint density at radius 2 is 1.95 bits per heavy atom. The van der Waals surface area contributed by atoms with Crippen LogP contribution in [0.4, 0.5) is 4.79 Å². The summed E-state index contributed by atoms with van der Waals surface area (Å²) < 4.78 is 5.21. The van der Waals surface area contributed by atoms with Crippen molar-refractivity contribution in [2.45, 2.75) is 44.2 Å². The lowest BCUT2D eigenvalue weighted by Gasteiger charge is -2.32. The second kappa shape index (κ2) is 6.29. The highest BCUT2D eigenvalue weighted by molar-refractivity contribution is 5.69. The molecule has 2 rings (SSSR count). The average Bonchev–Trinajstić information content (AvgIpc) is 2.47. The first-order valence-electron chi connectivity index (χ1n) is 6.71. The van der Waals surface area contributed by atoms with Gasteiger partial charge in [0.15, 0.2) is 0 Å². The van der Waals surface area contributed by atoms with Crippen molar-refractivity contribution in [2.24, 2.45) is 0 Å². The third-order valence-corrected chi connectivity index (χ3v) is 3.54. The molecule has 0 spiro atoms. The van der Waals surface area contributed by atoms with Gasteiger partial charge in [0.1, 0.15) is 12.1 Å². The Kier molecular flexibility index (Phi) is 4.46. The van der Waals surface area contributed by atoms with Crippen LogP contribution in [0.1, 0.15) is 37.7 Å². The predicted octanol–water partition coefficient (Wildman–Crippen LogP) is 3.25. The van der Waals surface area contributed by atoms with E-state index in [0.29, 0.717) is 0 Å². The van der Waals surface area contributed by atoms with Crippen LogP contribution in [0.3, 0.4) is 0 Å². The van der Waals surface area contributed by atoms with E-state index in [1.165, 1.54) is 6.42 Å². The number of hydrogen-bond donors (Lipinski definition) is 1. The highest BCUT2D eigenvalue weighted by Crippen LogP contribution is 2.27. The number of carbonyl (C=O) groups is 1. The van der Waals surface area contributed by atoms with Gasteiger partial charge >= 0.3 is 6.09 Å². The molecule has 0 aromatic heterocycles. The van der Waals surface area contributed by atoms with Crippen molar-refractivity contribution in [1.82, 2.24) is 5.32 Å². The summed E-state index contributed by atoms with van der Waals surface area (Å²) >= 11 is 0. The summed E-state index contributed by atoms with van der Waals surface area (Å²) in [5, 5.41) is 2.86. The van der Waals surface area contributed by atoms with E-state index < -0.39 is 11.6 Å². The number of hydrogen-bond acceptors (Lipinski definition) is 2. The molecule has 3 nitrogen and oxygen atoms in total. The van der Waals surface area contributed by atoms with Crippen molar-refractivity contribution in [1.29, 1.82) is 0 Å². The number of benzene rings is 1. The zero-order chi connectivity index (χ0) is 13.6. The molecule has 0 saturated heterocycles. The van der Waals surface area contributed by atoms with Gasteiger partial charge in [-0.25, -0.2) is 4.79 Å². The summed E-state index contributed by atoms with van der Waals surface area (Å²) in [4.78, 5) is 11.8. The first kappa shape index (κ1) is 13.5. The van der Waals surface area contributed by atoms with Gasteiger partial charge in [-0.2, -0.15) is 0 Å². The fourth-order valence-electron chi connectivity index (χ4n) is 2.42. The van der Waals surface area contributed by atoms with Crippen LogP contribution >= 0.6 is 0 Å². The molecule has 1 amide bonds. The van der Waals surface area contributed by atoms with Crippen LogP contribution in [0.2, 0.25) is 0 Å². The molecule has 1 aromatic rings. The Hall–Kier alpha value is -1.95. The first-order chi connectivity index (χ1) is 9.24. The third kappa shape index (κ3) is 3.75. The van der Waals surface area contributed by atoms with Crippen LogP contribution in [0.15, 0.2) is 30.3 Å². The second-order valence-corrected chi connectivity index (χ2v) is 4.97. The van der Waals surface area contributed by atoms with Gasteiger partial charge in [0, 0.05) is 0 Å². The van der Waals surface area contributed by atoms with E-state index >= 15 is 0 Å². The van der Waals surface area contributed by atoms with Crippen LogP contribution in [0, 0.1) is 12.3 Å². The van der Waals surface area contributed by atoms with Crippen LogP contribution < -0.4 is 5.32 Å². The topological polar surface area (TPSA) is 38.3 Å². The van der Waals surface area contributed by atoms with Crippen molar-refractivity contribution < 1.29 is 9.53 Å². The van der Waals surface area contributed by atoms with Crippen molar-refractivity contribution in [3.63, 3.8) is 0 Å². The molecule has 1 fully saturated rings. The van der Waals surface area contributed by atoms with Crippen molar-refractivity contribution >= 4 is 6.09 Å². The van der Waals surface area contributed by atoms with E-state index in [1.54, 1.807) is 0 Å². The molecule has 19 heavy (non-hydrogen) atoms. The molecule has 0 bridgehead atoms. The van der Waals surface area contributed by atoms with Gasteiger partial charge in [-0.15, -0.1) is 6.42 Å². The predicted molar refractivity (Wildman–Crippen MR) is 74.4 cm³/mol. The summed E-state index contributed by atoms with van der Waals surface area (Å²) in [5.41, 5.74) is 0.461. The van der Waals surface area contributed by atoms with Crippen molar-refractivity contribution in [2.75, 3.05) is 0 Å². The second-order valence-electron chi connectivity index (χ2n) is 4.97. The highest BCUT2D eigenvalue weighted by Gasteiger charge is 2.31. The lowest BCUT2D eigenvalue weighted by Crippen LogP contribution is -2.48. The molecular formula is C16H19NO2. The number of ether oxygens (including phenoxy) is 1. The van der Waals surface area contributed by atoms with Gasteiger partial charge < -0.3 is 10.1 Å². The SMILES string of the molecule is C#CC1(NC(=O)OCc2ccccc2)CCCCC1. The maximum atomic E-state index is 11.8. The highest BCUT2D eigenvalue weighted by atomic mass is 16.5. The molecule has 0 unspecified atom stereocenters. The van der Waals surface area contributed by atoms with Crippen LogP contribution in [0.25, 0.3) is 0 Å². The quantitative estimate of drug-likeness (QED) is 0.844. The fraction of sp³-hybridized carbons (Fsp3) is 0.438. The normalized spacial score (nSPS) is 17.2. The summed E-state index contributed by atoms with van der Waals surface area (Å²) in [7, 11) is 0. The smallest absolute Gasteiger partial charge is 0.408 e. The van der Waals surface area contributed by atoms with Crippen LogP contribution in [-0.2, 0) is 11.3 Å². The minimum absolute atomic E-state index is 0.271. The largest absolute Gasteiger partial charge is 0.445 e. The summed E-state index contributed by atoms with van der Waals surface area (Å²) in [6.45, 7) is 0.271. The Morgan fingerprint density at radius 1 is 1.26 bits per heavy atom. The van der Waals surface area contributed by atoms with E-state index in [-0.39, 0.29) is 6.61 Å². The Morgan fingerprint density at radius 3 is 2.58 bits per heavy atom. The molecule has 1 aliphatic rings. The molecule has 1 N–H and O–H groups in total. The molecule has 1 aromatic carbocycles. The fourth-order valence-corrected chi connectivity index (χ4v) is 2.42. The maximum Gasteiger partial charge on any atom is 0.408 e. The van der Waals surface area contributed by atoms with Crippen molar-refractivity contribution in [3.05, 3.63) is 35.9 Å². The monoisotopic (exact) mass is 257 g/mol. The van der Waals surface area contributed by atoms with Gasteiger partial charge in [-0.1, -0.05) is 55.5 Å². The Labute approximate surface area is 114 Å². The van der Waals surface area contributed by atoms with Gasteiger partial charge in [-0.3, -0.25) is 0 Å². The van der Waals surface area contributed by atoms with E-state index in [9.17, 15) is 4.79 Å². The minimum atomic E-state index is -0.508. The molecule has 0 aliphatic heterocycles. The van der Waals surface area contributed by atoms with Gasteiger partial charge in [0.2, 0.25) is 0 Å². The molecule has 0 atom stereocenters. The van der Waals surface area contributed by atoms with Crippen LogP contribution in [0.5, 0.6) is 0 Å². The Bertz CT molecular complexity index is 455. The lowest BCUT2D eigenvalue weighted by molar-refractivity contribution is 0.126. The van der Waals surface area contributed by atoms with Crippen molar-refractivity contribution in [3.8, 4) is 12.3 Å². The number of carbonyl (C=O) groups excluding carboxylic acids is 1. The maximum absolute atomic E-state index is 11.8. The summed E-state index contributed by atoms with van der Waals surface area (Å²) in [5.74, 6) is 2.73. The van der Waals surface area contributed by atoms with E-state index in [4.69, 9.17) is 11.2 Å². The van der Waals surface area contributed by atoms with Crippen LogP contribution in [-0.4, -0.2) is 11.6 Å². The molecular weight excluding hydrogens is 238 g/mol. The molecule has 1 aliphatic carbocycles. The molecule has 3 heteroatoms. The number of amides is 1.